The number of hydrogen-bond acceptors (Lipinski definition) is 7. The van der Waals surface area contributed by atoms with Gasteiger partial charge in [0.05, 0.1) is 40.2 Å². The standard InChI is InChI=1S/C28H32FN3O7S2/c1-19-16-32(20(2)18-33)28(34)24-10-7-11-25(30-40(35,36)22-8-5-4-6-9-22)27(24)39-26(19)17-31(3)41(37,38)23-14-12-21(29)13-15-23/h4-15,19-20,26,30,33H,16-18H2,1-3H3/t19-,20-,26-/m0/s1. The van der Waals surface area contributed by atoms with Crippen molar-refractivity contribution in [2.24, 2.45) is 5.92 Å². The van der Waals surface area contributed by atoms with E-state index in [0.29, 0.717) is 0 Å². The molecule has 220 valence electrons. The Hall–Kier alpha value is -3.52. The van der Waals surface area contributed by atoms with Crippen LogP contribution in [0.3, 0.4) is 0 Å². The molecule has 0 aromatic heterocycles. The Morgan fingerprint density at radius 2 is 1.68 bits per heavy atom. The Kier molecular flexibility index (Phi) is 9.02. The van der Waals surface area contributed by atoms with Crippen molar-refractivity contribution in [1.82, 2.24) is 9.21 Å². The summed E-state index contributed by atoms with van der Waals surface area (Å²) in [7, 11) is -6.75. The number of benzene rings is 3. The van der Waals surface area contributed by atoms with Gasteiger partial charge in [0.15, 0.2) is 5.75 Å². The average Bonchev–Trinajstić information content (AvgIpc) is 2.95. The van der Waals surface area contributed by atoms with E-state index in [1.165, 1.54) is 54.4 Å². The predicted octanol–water partition coefficient (Wildman–Crippen LogP) is 3.17. The number of nitrogens with zero attached hydrogens (tertiary/aromatic N) is 2. The molecule has 1 aliphatic heterocycles. The zero-order valence-electron chi connectivity index (χ0n) is 22.8. The molecule has 3 atom stereocenters. The largest absolute Gasteiger partial charge is 0.486 e. The van der Waals surface area contributed by atoms with Crippen molar-refractivity contribution in [2.75, 3.05) is 31.5 Å². The first-order valence-corrected chi connectivity index (χ1v) is 15.8. The molecule has 0 fully saturated rings. The van der Waals surface area contributed by atoms with E-state index in [9.17, 15) is 31.1 Å². The summed E-state index contributed by atoms with van der Waals surface area (Å²) >= 11 is 0. The zero-order chi connectivity index (χ0) is 29.9. The number of hydrogen-bond donors (Lipinski definition) is 2. The second-order valence-corrected chi connectivity index (χ2v) is 13.7. The van der Waals surface area contributed by atoms with Gasteiger partial charge in [0.2, 0.25) is 10.0 Å². The van der Waals surface area contributed by atoms with E-state index in [0.717, 1.165) is 16.4 Å². The van der Waals surface area contributed by atoms with Gasteiger partial charge in [-0.3, -0.25) is 9.52 Å². The summed E-state index contributed by atoms with van der Waals surface area (Å²) in [6.45, 7) is 3.09. The summed E-state index contributed by atoms with van der Waals surface area (Å²) in [5, 5.41) is 9.87. The fourth-order valence-electron chi connectivity index (χ4n) is 4.48. The Balaban J connectivity index is 1.76. The van der Waals surface area contributed by atoms with Crippen molar-refractivity contribution in [1.29, 1.82) is 0 Å². The molecule has 41 heavy (non-hydrogen) atoms. The molecule has 0 unspecified atom stereocenters. The van der Waals surface area contributed by atoms with Crippen molar-refractivity contribution in [3.05, 3.63) is 84.2 Å². The lowest BCUT2D eigenvalue weighted by molar-refractivity contribution is 0.0389. The molecule has 2 N–H and O–H groups in total. The van der Waals surface area contributed by atoms with Crippen LogP contribution in [0.25, 0.3) is 0 Å². The molecule has 0 bridgehead atoms. The van der Waals surface area contributed by atoms with E-state index in [1.807, 2.05) is 0 Å². The number of para-hydroxylation sites is 1. The van der Waals surface area contributed by atoms with E-state index >= 15 is 0 Å². The van der Waals surface area contributed by atoms with Gasteiger partial charge in [0, 0.05) is 19.5 Å². The minimum atomic E-state index is -4.07. The highest BCUT2D eigenvalue weighted by Gasteiger charge is 2.36. The van der Waals surface area contributed by atoms with Gasteiger partial charge in [0.1, 0.15) is 11.9 Å². The van der Waals surface area contributed by atoms with Gasteiger partial charge in [0.25, 0.3) is 15.9 Å². The number of carbonyl (C=O) groups excluding carboxylic acids is 1. The van der Waals surface area contributed by atoms with Gasteiger partial charge < -0.3 is 14.7 Å². The normalized spacial score (nSPS) is 18.7. The van der Waals surface area contributed by atoms with E-state index in [1.54, 1.807) is 32.0 Å². The van der Waals surface area contributed by atoms with Gasteiger partial charge in [-0.05, 0) is 55.5 Å². The van der Waals surface area contributed by atoms with Crippen LogP contribution in [0.2, 0.25) is 0 Å². The summed E-state index contributed by atoms with van der Waals surface area (Å²) in [4.78, 5) is 15.0. The lowest BCUT2D eigenvalue weighted by Crippen LogP contribution is -2.50. The summed E-state index contributed by atoms with van der Waals surface area (Å²) in [6.07, 6.45) is -0.849. The number of sulfonamides is 2. The summed E-state index contributed by atoms with van der Waals surface area (Å²) in [5.41, 5.74) is 0.0546. The molecule has 0 aliphatic carbocycles. The van der Waals surface area contributed by atoms with Crippen LogP contribution in [0, 0.1) is 11.7 Å². The first-order valence-electron chi connectivity index (χ1n) is 12.9. The highest BCUT2D eigenvalue weighted by molar-refractivity contribution is 7.92. The molecule has 0 radical (unpaired) electrons. The van der Waals surface area contributed by atoms with Gasteiger partial charge in [-0.1, -0.05) is 31.2 Å². The molecular weight excluding hydrogens is 573 g/mol. The zero-order valence-corrected chi connectivity index (χ0v) is 24.4. The maximum Gasteiger partial charge on any atom is 0.262 e. The summed E-state index contributed by atoms with van der Waals surface area (Å²) in [5.74, 6) is -1.56. The number of halogens is 1. The highest BCUT2D eigenvalue weighted by Crippen LogP contribution is 2.36. The van der Waals surface area contributed by atoms with E-state index in [2.05, 4.69) is 4.72 Å². The second-order valence-electron chi connectivity index (χ2n) is 9.96. The molecule has 0 saturated heterocycles. The molecule has 1 aliphatic rings. The molecule has 3 aromatic rings. The fourth-order valence-corrected chi connectivity index (χ4v) is 6.75. The molecule has 10 nitrogen and oxygen atoms in total. The number of fused-ring (bicyclic) bond motifs is 1. The SMILES string of the molecule is C[C@H]1CN([C@@H](C)CO)C(=O)c2cccc(NS(=O)(=O)c3ccccc3)c2O[C@H]1CN(C)S(=O)(=O)c1ccc(F)cc1. The third-order valence-electron chi connectivity index (χ3n) is 6.95. The molecule has 1 amide bonds. The number of ether oxygens (including phenoxy) is 1. The molecular formula is C28H32FN3O7S2. The Bertz CT molecular complexity index is 1600. The number of carbonyl (C=O) groups is 1. The third kappa shape index (κ3) is 6.53. The Morgan fingerprint density at radius 1 is 1.02 bits per heavy atom. The van der Waals surface area contributed by atoms with Gasteiger partial charge >= 0.3 is 0 Å². The number of likely N-dealkylation sites (N-methyl/N-ethyl adjacent to an activating group) is 1. The Morgan fingerprint density at radius 3 is 2.32 bits per heavy atom. The van der Waals surface area contributed by atoms with Crippen molar-refractivity contribution in [2.45, 2.75) is 35.8 Å². The topological polar surface area (TPSA) is 133 Å². The monoisotopic (exact) mass is 605 g/mol. The van der Waals surface area contributed by atoms with Crippen LogP contribution in [0.15, 0.2) is 82.6 Å². The quantitative estimate of drug-likeness (QED) is 0.383. The molecule has 3 aromatic carbocycles. The van der Waals surface area contributed by atoms with Crippen LogP contribution in [0.5, 0.6) is 5.75 Å². The van der Waals surface area contributed by atoms with Gasteiger partial charge in [-0.15, -0.1) is 0 Å². The van der Waals surface area contributed by atoms with Gasteiger partial charge in [-0.25, -0.2) is 21.2 Å². The number of nitrogens with one attached hydrogen (secondary N) is 1. The van der Waals surface area contributed by atoms with Crippen molar-refractivity contribution in [3.63, 3.8) is 0 Å². The number of rotatable bonds is 9. The highest BCUT2D eigenvalue weighted by atomic mass is 32.2. The predicted molar refractivity (Wildman–Crippen MR) is 151 cm³/mol. The first-order chi connectivity index (χ1) is 19.3. The van der Waals surface area contributed by atoms with Crippen LogP contribution in [-0.4, -0.2) is 75.9 Å². The number of aliphatic hydroxyl groups is 1. The van der Waals surface area contributed by atoms with E-state index < -0.39 is 49.8 Å². The summed E-state index contributed by atoms with van der Waals surface area (Å²) < 4.78 is 76.2. The smallest absolute Gasteiger partial charge is 0.262 e. The minimum Gasteiger partial charge on any atom is -0.486 e. The molecule has 13 heteroatoms. The minimum absolute atomic E-state index is 0.000320. The van der Waals surface area contributed by atoms with E-state index in [-0.39, 0.29) is 46.5 Å². The van der Waals surface area contributed by atoms with Crippen LogP contribution >= 0.6 is 0 Å². The third-order valence-corrected chi connectivity index (χ3v) is 10.2. The maximum absolute atomic E-state index is 13.6. The fraction of sp³-hybridized carbons (Fsp3) is 0.321. The Labute approximate surface area is 239 Å². The molecule has 1 heterocycles. The first kappa shape index (κ1) is 30.4. The molecule has 4 rings (SSSR count). The summed E-state index contributed by atoms with van der Waals surface area (Å²) in [6, 6.07) is 16.0. The average molecular weight is 606 g/mol. The van der Waals surface area contributed by atoms with Crippen molar-refractivity contribution >= 4 is 31.6 Å². The number of anilines is 1. The van der Waals surface area contributed by atoms with Crippen LogP contribution in [-0.2, 0) is 20.0 Å². The number of aliphatic hydroxyl groups excluding tert-OH is 1. The van der Waals surface area contributed by atoms with Gasteiger partial charge in [-0.2, -0.15) is 4.31 Å². The van der Waals surface area contributed by atoms with E-state index in [4.69, 9.17) is 4.74 Å². The van der Waals surface area contributed by atoms with Crippen LogP contribution < -0.4 is 9.46 Å². The van der Waals surface area contributed by atoms with Crippen LogP contribution in [0.1, 0.15) is 24.2 Å². The van der Waals surface area contributed by atoms with Crippen LogP contribution in [0.4, 0.5) is 10.1 Å². The van der Waals surface area contributed by atoms with Crippen molar-refractivity contribution < 1.29 is 35.9 Å². The van der Waals surface area contributed by atoms with Crippen molar-refractivity contribution in [3.8, 4) is 5.75 Å². The maximum atomic E-state index is 13.6. The molecule has 0 saturated carbocycles. The lowest BCUT2D eigenvalue weighted by atomic mass is 9.99. The molecule has 0 spiro atoms. The number of amides is 1. The second kappa shape index (κ2) is 12.1. The lowest BCUT2D eigenvalue weighted by Gasteiger charge is -2.38.